The molecule has 0 aromatic rings. The van der Waals surface area contributed by atoms with E-state index in [9.17, 15) is 19.3 Å². The molecule has 0 aliphatic rings. The zero-order chi connectivity index (χ0) is 12.6. The van der Waals surface area contributed by atoms with Crippen LogP contribution in [-0.2, 0) is 18.9 Å². The van der Waals surface area contributed by atoms with E-state index >= 15 is 0 Å². The minimum atomic E-state index is -2.66. The Balaban J connectivity index is 0. The third-order valence-electron chi connectivity index (χ3n) is 2.19. The van der Waals surface area contributed by atoms with E-state index in [-0.39, 0.29) is 42.4 Å². The number of hydrogen-bond donors (Lipinski definition) is 1. The third kappa shape index (κ3) is 8.97. The van der Waals surface area contributed by atoms with Crippen molar-refractivity contribution in [3.05, 3.63) is 0 Å². The van der Waals surface area contributed by atoms with Crippen LogP contribution in [0.2, 0.25) is 0 Å². The number of rotatable bonds is 8. The second-order valence-corrected chi connectivity index (χ2v) is 5.47. The van der Waals surface area contributed by atoms with Crippen LogP contribution in [0.5, 0.6) is 0 Å². The fraction of sp³-hybridized carbons (Fsp3) is 0.800. The van der Waals surface area contributed by atoms with E-state index in [1.165, 1.54) is 7.11 Å². The fourth-order valence-corrected chi connectivity index (χ4v) is 2.36. The monoisotopic (exact) mass is 274 g/mol. The summed E-state index contributed by atoms with van der Waals surface area (Å²) in [6, 6.07) is 0. The number of aliphatic hydroxyl groups excluding tert-OH is 1. The molecule has 2 atom stereocenters. The van der Waals surface area contributed by atoms with Gasteiger partial charge in [0.1, 0.15) is 5.85 Å². The molecule has 0 aliphatic carbocycles. The zero-order valence-corrected chi connectivity index (χ0v) is 10.7. The van der Waals surface area contributed by atoms with Gasteiger partial charge in [-0.2, -0.15) is 0 Å². The third-order valence-corrected chi connectivity index (χ3v) is 3.89. The van der Waals surface area contributed by atoms with Crippen LogP contribution >= 0.6 is 7.80 Å². The summed E-state index contributed by atoms with van der Waals surface area (Å²) in [4.78, 5) is 22.1. The Bertz CT molecular complexity index is 269. The summed E-state index contributed by atoms with van der Waals surface area (Å²) in [5.41, 5.74) is -0.529. The van der Waals surface area contributed by atoms with Crippen LogP contribution in [0, 0.1) is 0 Å². The number of hydrogen-bond acceptors (Lipinski definition) is 5. The minimum absolute atomic E-state index is 0. The predicted molar refractivity (Wildman–Crippen MR) is 67.9 cm³/mol. The average molecular weight is 274 g/mol. The van der Waals surface area contributed by atoms with Crippen molar-refractivity contribution in [2.24, 2.45) is 0 Å². The van der Waals surface area contributed by atoms with Gasteiger partial charge in [-0.1, -0.05) is 19.8 Å². The molecular weight excluding hydrogens is 254 g/mol. The van der Waals surface area contributed by atoms with Gasteiger partial charge in [0.25, 0.3) is 0 Å². The van der Waals surface area contributed by atoms with E-state index in [0.29, 0.717) is 6.42 Å². The second kappa shape index (κ2) is 11.4. The Morgan fingerprint density at radius 1 is 1.35 bits per heavy atom. The average Bonchev–Trinajstić information content (AvgIpc) is 2.31. The fourth-order valence-electron chi connectivity index (χ4n) is 1.16. The molecule has 0 heterocycles. The molecule has 0 spiro atoms. The Hall–Kier alpha value is 0.330. The first kappa shape index (κ1) is 19.7. The molecular formula is C10H20NaO5P. The van der Waals surface area contributed by atoms with Gasteiger partial charge in [-0.15, -0.1) is 0 Å². The summed E-state index contributed by atoms with van der Waals surface area (Å²) in [5.74, 6) is -1.55. The van der Waals surface area contributed by atoms with Crippen LogP contribution in [0.4, 0.5) is 0 Å². The number of carbonyl (C=O) groups excluding carboxylic acids is 2. The van der Waals surface area contributed by atoms with Crippen LogP contribution < -0.4 is 0 Å². The maximum atomic E-state index is 11.5. The van der Waals surface area contributed by atoms with Gasteiger partial charge < -0.3 is 14.4 Å². The van der Waals surface area contributed by atoms with Crippen molar-refractivity contribution in [1.29, 1.82) is 0 Å². The van der Waals surface area contributed by atoms with Gasteiger partial charge in [0, 0.05) is 6.42 Å². The van der Waals surface area contributed by atoms with E-state index in [1.54, 1.807) is 0 Å². The van der Waals surface area contributed by atoms with Crippen molar-refractivity contribution >= 4 is 48.9 Å². The first-order valence-corrected chi connectivity index (χ1v) is 6.83. The molecule has 0 aromatic carbocycles. The predicted octanol–water partition coefficient (Wildman–Crippen LogP) is 0.886. The summed E-state index contributed by atoms with van der Waals surface area (Å²) in [7, 11) is -1.43. The number of aliphatic hydroxyl groups is 1. The Labute approximate surface area is 124 Å². The SMILES string of the molecule is CCCCC(O)[PH](=O)C(=O)CCC(=O)OC.[NaH]. The van der Waals surface area contributed by atoms with E-state index in [4.69, 9.17) is 0 Å². The number of methoxy groups -OCH3 is 1. The molecule has 5 nitrogen and oxygen atoms in total. The van der Waals surface area contributed by atoms with Crippen LogP contribution in [0.25, 0.3) is 0 Å². The van der Waals surface area contributed by atoms with Gasteiger partial charge in [0.05, 0.1) is 13.5 Å². The molecule has 0 amide bonds. The van der Waals surface area contributed by atoms with Crippen molar-refractivity contribution in [2.75, 3.05) is 7.11 Å². The van der Waals surface area contributed by atoms with E-state index in [2.05, 4.69) is 4.74 Å². The van der Waals surface area contributed by atoms with Gasteiger partial charge in [0.15, 0.2) is 13.3 Å². The number of carbonyl (C=O) groups is 2. The van der Waals surface area contributed by atoms with Gasteiger partial charge in [-0.05, 0) is 6.42 Å². The first-order valence-electron chi connectivity index (χ1n) is 5.34. The molecule has 0 aliphatic heterocycles. The van der Waals surface area contributed by atoms with Gasteiger partial charge in [-0.3, -0.25) is 9.59 Å². The summed E-state index contributed by atoms with van der Waals surface area (Å²) >= 11 is 0. The van der Waals surface area contributed by atoms with Crippen LogP contribution in [0.1, 0.15) is 39.0 Å². The number of esters is 1. The van der Waals surface area contributed by atoms with Crippen molar-refractivity contribution in [1.82, 2.24) is 0 Å². The van der Waals surface area contributed by atoms with E-state index < -0.39 is 25.1 Å². The summed E-state index contributed by atoms with van der Waals surface area (Å²) in [6.45, 7) is 1.95. The van der Waals surface area contributed by atoms with Crippen molar-refractivity contribution in [3.63, 3.8) is 0 Å². The molecule has 7 heteroatoms. The summed E-state index contributed by atoms with van der Waals surface area (Å²) in [6.07, 6.45) is 1.79. The maximum absolute atomic E-state index is 11.5. The summed E-state index contributed by atoms with van der Waals surface area (Å²) < 4.78 is 15.8. The second-order valence-electron chi connectivity index (χ2n) is 3.52. The van der Waals surface area contributed by atoms with Crippen molar-refractivity contribution < 1.29 is 24.0 Å². The van der Waals surface area contributed by atoms with E-state index in [0.717, 1.165) is 12.8 Å². The van der Waals surface area contributed by atoms with Crippen molar-refractivity contribution in [2.45, 2.75) is 44.9 Å². The Morgan fingerprint density at radius 3 is 2.41 bits per heavy atom. The zero-order valence-electron chi connectivity index (χ0n) is 9.69. The van der Waals surface area contributed by atoms with Crippen molar-refractivity contribution in [3.8, 4) is 0 Å². The van der Waals surface area contributed by atoms with Gasteiger partial charge in [-0.25, -0.2) is 0 Å². The van der Waals surface area contributed by atoms with Gasteiger partial charge in [0.2, 0.25) is 0 Å². The molecule has 0 bridgehead atoms. The molecule has 0 radical (unpaired) electrons. The standard InChI is InChI=1S/C10H19O5P.Na.H/c1-3-4-5-9(12)16(14)10(13)7-6-8(11)15-2;;/h9,12,16H,3-7H2,1-2H3;;. The van der Waals surface area contributed by atoms with Gasteiger partial charge >= 0.3 is 35.5 Å². The van der Waals surface area contributed by atoms with Crippen LogP contribution in [0.15, 0.2) is 0 Å². The number of unbranched alkanes of at least 4 members (excludes halogenated alkanes) is 1. The molecule has 1 N–H and O–H groups in total. The molecule has 0 rings (SSSR count). The quantitative estimate of drug-likeness (QED) is 0.404. The molecule has 0 saturated carbocycles. The topological polar surface area (TPSA) is 80.7 Å². The number of ether oxygens (including phenoxy) is 1. The molecule has 2 unspecified atom stereocenters. The molecule has 0 fully saturated rings. The van der Waals surface area contributed by atoms with Crippen LogP contribution in [0.3, 0.4) is 0 Å². The normalized spacial score (nSPS) is 13.4. The van der Waals surface area contributed by atoms with E-state index in [1.807, 2.05) is 6.92 Å². The molecule has 0 aromatic heterocycles. The molecule has 0 saturated heterocycles. The summed E-state index contributed by atoms with van der Waals surface area (Å²) in [5, 5.41) is 9.44. The van der Waals surface area contributed by atoms with Crippen LogP contribution in [-0.4, -0.2) is 59.1 Å². The first-order chi connectivity index (χ1) is 7.52. The Morgan fingerprint density at radius 2 is 1.94 bits per heavy atom. The Kier molecular flexibility index (Phi) is 13.2. The molecule has 17 heavy (non-hydrogen) atoms. The molecule has 96 valence electrons.